The van der Waals surface area contributed by atoms with Crippen molar-refractivity contribution in [3.63, 3.8) is 0 Å². The number of nitrogens with zero attached hydrogens (tertiary/aromatic N) is 3. The molecule has 0 saturated heterocycles. The Morgan fingerprint density at radius 2 is 2.33 bits per heavy atom. The average Bonchev–Trinajstić information content (AvgIpc) is 2.77. The Morgan fingerprint density at radius 1 is 1.56 bits per heavy atom. The molecule has 8 heteroatoms. The third-order valence-electron chi connectivity index (χ3n) is 2.23. The van der Waals surface area contributed by atoms with Gasteiger partial charge in [-0.05, 0) is 11.6 Å². The van der Waals surface area contributed by atoms with Crippen LogP contribution in [0.5, 0.6) is 0 Å². The average molecular weight is 290 g/mol. The minimum absolute atomic E-state index is 0.0847. The van der Waals surface area contributed by atoms with Crippen LogP contribution in [-0.2, 0) is 16.1 Å². The van der Waals surface area contributed by atoms with E-state index in [0.29, 0.717) is 17.4 Å². The predicted octanol–water partition coefficient (Wildman–Crippen LogP) is 2.30. The van der Waals surface area contributed by atoms with Gasteiger partial charge in [-0.1, -0.05) is 23.2 Å². The molecule has 0 radical (unpaired) electrons. The molecule has 1 aromatic heterocycles. The van der Waals surface area contributed by atoms with E-state index in [0.717, 1.165) is 5.56 Å². The molecule has 1 aromatic rings. The summed E-state index contributed by atoms with van der Waals surface area (Å²) in [6.07, 6.45) is 0.942. The van der Waals surface area contributed by atoms with Crippen LogP contribution in [-0.4, -0.2) is 35.7 Å². The fourth-order valence-electron chi connectivity index (χ4n) is 1.40. The molecular formula is C10H9Cl2N3O3. The van der Waals surface area contributed by atoms with Gasteiger partial charge >= 0.3 is 6.09 Å². The van der Waals surface area contributed by atoms with E-state index < -0.39 is 6.09 Å². The number of hydroxylamine groups is 2. The van der Waals surface area contributed by atoms with Crippen molar-refractivity contribution in [1.29, 1.82) is 0 Å². The molecule has 1 aliphatic rings. The second kappa shape index (κ2) is 5.51. The highest BCUT2D eigenvalue weighted by atomic mass is 35.5. The fraction of sp³-hybridized carbons (Fsp3) is 0.300. The highest BCUT2D eigenvalue weighted by molar-refractivity contribution is 6.41. The normalized spacial score (nSPS) is 14.4. The van der Waals surface area contributed by atoms with E-state index in [9.17, 15) is 4.79 Å². The molecule has 0 aromatic carbocycles. The van der Waals surface area contributed by atoms with Crippen molar-refractivity contribution in [2.75, 3.05) is 13.7 Å². The van der Waals surface area contributed by atoms with Gasteiger partial charge in [0.05, 0.1) is 18.7 Å². The Balaban J connectivity index is 2.13. The molecule has 1 aliphatic heterocycles. The first kappa shape index (κ1) is 13.1. The number of carbonyl (C=O) groups excluding carboxylic acids is 1. The monoisotopic (exact) mass is 289 g/mol. The summed E-state index contributed by atoms with van der Waals surface area (Å²) in [5.41, 5.74) is 0.772. The largest absolute Gasteiger partial charge is 0.440 e. The zero-order chi connectivity index (χ0) is 13.1. The summed E-state index contributed by atoms with van der Waals surface area (Å²) in [6, 6.07) is 1.67. The Hall–Kier alpha value is -1.37. The second-order valence-corrected chi connectivity index (χ2v) is 4.18. The summed E-state index contributed by atoms with van der Waals surface area (Å²) in [6.45, 7) is 0.414. The molecule has 18 heavy (non-hydrogen) atoms. The summed E-state index contributed by atoms with van der Waals surface area (Å²) in [5, 5.41) is 2.01. The molecule has 0 spiro atoms. The third-order valence-corrected chi connectivity index (χ3v) is 2.92. The number of amides is 1. The Kier molecular flexibility index (Phi) is 4.00. The lowest BCUT2D eigenvalue weighted by Gasteiger charge is -2.20. The Labute approximate surface area is 113 Å². The Morgan fingerprint density at radius 3 is 2.89 bits per heavy atom. The molecule has 0 aliphatic carbocycles. The van der Waals surface area contributed by atoms with E-state index in [1.54, 1.807) is 12.3 Å². The van der Waals surface area contributed by atoms with Gasteiger partial charge < -0.3 is 4.74 Å². The van der Waals surface area contributed by atoms with Gasteiger partial charge in [-0.25, -0.2) is 14.8 Å². The minimum atomic E-state index is -0.626. The number of hydrogen-bond acceptors (Lipinski definition) is 5. The van der Waals surface area contributed by atoms with Crippen LogP contribution in [0.3, 0.4) is 0 Å². The lowest BCUT2D eigenvalue weighted by molar-refractivity contribution is -0.0744. The fourth-order valence-corrected chi connectivity index (χ4v) is 1.69. The maximum atomic E-state index is 10.9. The molecular weight excluding hydrogens is 281 g/mol. The molecule has 1 amide bonds. The van der Waals surface area contributed by atoms with Gasteiger partial charge in [0.15, 0.2) is 12.4 Å². The summed E-state index contributed by atoms with van der Waals surface area (Å²) < 4.78 is 4.70. The molecule has 2 heterocycles. The number of amidine groups is 1. The topological polar surface area (TPSA) is 64.0 Å². The van der Waals surface area contributed by atoms with Crippen LogP contribution in [0.1, 0.15) is 5.56 Å². The van der Waals surface area contributed by atoms with Crippen LogP contribution < -0.4 is 0 Å². The van der Waals surface area contributed by atoms with Crippen molar-refractivity contribution >= 4 is 35.1 Å². The molecule has 0 unspecified atom stereocenters. The smallest absolute Gasteiger partial charge is 0.435 e. The molecule has 96 valence electrons. The predicted molar refractivity (Wildman–Crippen MR) is 65.6 cm³/mol. The molecule has 0 N–H and O–H groups in total. The molecule has 0 bridgehead atoms. The molecule has 0 saturated carbocycles. The van der Waals surface area contributed by atoms with Gasteiger partial charge in [0.1, 0.15) is 5.15 Å². The van der Waals surface area contributed by atoms with Crippen LogP contribution in [0.4, 0.5) is 4.79 Å². The third kappa shape index (κ3) is 2.90. The van der Waals surface area contributed by atoms with Crippen molar-refractivity contribution in [3.05, 3.63) is 28.0 Å². The van der Waals surface area contributed by atoms with Gasteiger partial charge in [-0.3, -0.25) is 4.84 Å². The first-order valence-corrected chi connectivity index (χ1v) is 5.71. The molecule has 6 nitrogen and oxygen atoms in total. The lowest BCUT2D eigenvalue weighted by Crippen LogP contribution is -2.30. The van der Waals surface area contributed by atoms with Crippen LogP contribution in [0.15, 0.2) is 17.3 Å². The number of hydrogen-bond donors (Lipinski definition) is 0. The summed E-state index contributed by atoms with van der Waals surface area (Å²) in [4.78, 5) is 23.6. The lowest BCUT2D eigenvalue weighted by atomic mass is 10.3. The number of aromatic nitrogens is 1. The minimum Gasteiger partial charge on any atom is -0.440 e. The second-order valence-electron chi connectivity index (χ2n) is 3.42. The van der Waals surface area contributed by atoms with Crippen LogP contribution in [0.2, 0.25) is 10.2 Å². The molecule has 2 rings (SSSR count). The zero-order valence-electron chi connectivity index (χ0n) is 9.39. The van der Waals surface area contributed by atoms with Crippen molar-refractivity contribution in [2.45, 2.75) is 6.54 Å². The van der Waals surface area contributed by atoms with Gasteiger partial charge in [0.2, 0.25) is 0 Å². The van der Waals surface area contributed by atoms with Crippen molar-refractivity contribution in [1.82, 2.24) is 10.0 Å². The van der Waals surface area contributed by atoms with Crippen molar-refractivity contribution in [3.8, 4) is 0 Å². The van der Waals surface area contributed by atoms with E-state index in [1.165, 1.54) is 12.2 Å². The first-order chi connectivity index (χ1) is 8.60. The van der Waals surface area contributed by atoms with Gasteiger partial charge in [0, 0.05) is 6.20 Å². The number of carbonyl (C=O) groups is 1. The Bertz CT molecular complexity index is 507. The number of aliphatic imine (C=N–C) groups is 1. The van der Waals surface area contributed by atoms with Crippen molar-refractivity contribution < 1.29 is 14.4 Å². The summed E-state index contributed by atoms with van der Waals surface area (Å²) in [5.74, 6) is 0.397. The SMILES string of the molecule is CON(Cc1cnc(Cl)c(Cl)c1)C1=NC(=O)OC1. The van der Waals surface area contributed by atoms with Gasteiger partial charge in [0.25, 0.3) is 0 Å². The summed E-state index contributed by atoms with van der Waals surface area (Å²) >= 11 is 11.6. The maximum absolute atomic E-state index is 10.9. The molecule has 0 fully saturated rings. The quantitative estimate of drug-likeness (QED) is 0.631. The number of pyridine rings is 1. The van der Waals surface area contributed by atoms with Gasteiger partial charge in [-0.15, -0.1) is 0 Å². The highest BCUT2D eigenvalue weighted by Gasteiger charge is 2.21. The summed E-state index contributed by atoms with van der Waals surface area (Å²) in [7, 11) is 1.47. The molecule has 0 atom stereocenters. The van der Waals surface area contributed by atoms with Crippen molar-refractivity contribution in [2.24, 2.45) is 4.99 Å². The van der Waals surface area contributed by atoms with Crippen LogP contribution in [0, 0.1) is 0 Å². The van der Waals surface area contributed by atoms with E-state index in [1.807, 2.05) is 0 Å². The standard InChI is InChI=1S/C10H9Cl2N3O3/c1-17-15(8-5-18-10(16)14-8)4-6-2-7(11)9(12)13-3-6/h2-3H,4-5H2,1H3. The van der Waals surface area contributed by atoms with E-state index >= 15 is 0 Å². The van der Waals surface area contributed by atoms with Crippen LogP contribution in [0.25, 0.3) is 0 Å². The van der Waals surface area contributed by atoms with E-state index in [4.69, 9.17) is 32.8 Å². The van der Waals surface area contributed by atoms with E-state index in [-0.39, 0.29) is 11.8 Å². The maximum Gasteiger partial charge on any atom is 0.435 e. The highest BCUT2D eigenvalue weighted by Crippen LogP contribution is 2.20. The first-order valence-electron chi connectivity index (χ1n) is 4.96. The number of rotatable bonds is 3. The zero-order valence-corrected chi connectivity index (χ0v) is 10.9. The number of cyclic esters (lactones) is 1. The number of ether oxygens (including phenoxy) is 1. The van der Waals surface area contributed by atoms with Gasteiger partial charge in [-0.2, -0.15) is 4.99 Å². The van der Waals surface area contributed by atoms with E-state index in [2.05, 4.69) is 9.98 Å². The number of halogens is 2. The van der Waals surface area contributed by atoms with Crippen LogP contribution >= 0.6 is 23.2 Å².